The number of aromatic nitrogens is 3. The molecule has 0 amide bonds. The highest BCUT2D eigenvalue weighted by molar-refractivity contribution is 5.71. The van der Waals surface area contributed by atoms with Gasteiger partial charge >= 0.3 is 5.97 Å². The number of ether oxygens (including phenoxy) is 1. The molecule has 7 heteroatoms. The van der Waals surface area contributed by atoms with Crippen molar-refractivity contribution < 1.29 is 9.53 Å². The standard InChI is InChI=1S/C16H21N5O2/c1-23-16(22)10-20-8-6-14(7-9-20)19-13-2-4-15(5-3-13)21-12-17-11-18-21/h2-5,11-12,14,19H,6-10H2,1H3. The summed E-state index contributed by atoms with van der Waals surface area (Å²) in [6, 6.07) is 8.57. The molecular formula is C16H21N5O2. The average Bonchev–Trinajstić information content (AvgIpc) is 3.12. The van der Waals surface area contributed by atoms with Crippen LogP contribution in [0.4, 0.5) is 5.69 Å². The Kier molecular flexibility index (Phi) is 4.87. The summed E-state index contributed by atoms with van der Waals surface area (Å²) < 4.78 is 6.44. The third-order valence-electron chi connectivity index (χ3n) is 4.09. The van der Waals surface area contributed by atoms with Gasteiger partial charge in [0.05, 0.1) is 19.3 Å². The summed E-state index contributed by atoms with van der Waals surface area (Å²) in [6.07, 6.45) is 5.23. The number of hydrogen-bond donors (Lipinski definition) is 1. The topological polar surface area (TPSA) is 72.3 Å². The second-order valence-corrected chi connectivity index (χ2v) is 5.66. The van der Waals surface area contributed by atoms with E-state index in [4.69, 9.17) is 4.74 Å². The predicted molar refractivity (Wildman–Crippen MR) is 86.5 cm³/mol. The van der Waals surface area contributed by atoms with Gasteiger partial charge in [0.1, 0.15) is 12.7 Å². The van der Waals surface area contributed by atoms with Crippen molar-refractivity contribution in [2.24, 2.45) is 0 Å². The van der Waals surface area contributed by atoms with Crippen molar-refractivity contribution in [2.45, 2.75) is 18.9 Å². The van der Waals surface area contributed by atoms with Crippen LogP contribution in [-0.2, 0) is 9.53 Å². The Bertz CT molecular complexity index is 618. The van der Waals surface area contributed by atoms with Crippen LogP contribution in [-0.4, -0.2) is 58.4 Å². The highest BCUT2D eigenvalue weighted by Gasteiger charge is 2.20. The molecule has 1 aromatic carbocycles. The summed E-state index contributed by atoms with van der Waals surface area (Å²) in [7, 11) is 1.43. The molecule has 2 aromatic rings. The third kappa shape index (κ3) is 4.07. The fourth-order valence-electron chi connectivity index (χ4n) is 2.77. The van der Waals surface area contributed by atoms with E-state index in [1.165, 1.54) is 13.4 Å². The second-order valence-electron chi connectivity index (χ2n) is 5.66. The molecule has 1 aromatic heterocycles. The Morgan fingerprint density at radius 3 is 2.65 bits per heavy atom. The summed E-state index contributed by atoms with van der Waals surface area (Å²) >= 11 is 0. The molecule has 2 heterocycles. The van der Waals surface area contributed by atoms with Crippen molar-refractivity contribution in [1.82, 2.24) is 19.7 Å². The molecule has 1 saturated heterocycles. The molecule has 0 aliphatic carbocycles. The number of anilines is 1. The third-order valence-corrected chi connectivity index (χ3v) is 4.09. The maximum absolute atomic E-state index is 11.3. The number of nitrogens with one attached hydrogen (secondary N) is 1. The number of nitrogens with zero attached hydrogens (tertiary/aromatic N) is 4. The van der Waals surface area contributed by atoms with Crippen molar-refractivity contribution >= 4 is 11.7 Å². The first-order chi connectivity index (χ1) is 11.2. The predicted octanol–water partition coefficient (Wildman–Crippen LogP) is 1.32. The number of carbonyl (C=O) groups excluding carboxylic acids is 1. The molecule has 122 valence electrons. The number of carbonyl (C=O) groups is 1. The summed E-state index contributed by atoms with van der Waals surface area (Å²) in [5.41, 5.74) is 2.08. The van der Waals surface area contributed by atoms with Gasteiger partial charge in [-0.3, -0.25) is 9.69 Å². The summed E-state index contributed by atoms with van der Waals surface area (Å²) in [5, 5.41) is 7.67. The van der Waals surface area contributed by atoms with E-state index in [0.29, 0.717) is 12.6 Å². The van der Waals surface area contributed by atoms with Crippen molar-refractivity contribution in [3.05, 3.63) is 36.9 Å². The van der Waals surface area contributed by atoms with E-state index in [9.17, 15) is 4.79 Å². The highest BCUT2D eigenvalue weighted by Crippen LogP contribution is 2.18. The lowest BCUT2D eigenvalue weighted by molar-refractivity contribution is -0.142. The van der Waals surface area contributed by atoms with Crippen LogP contribution in [0, 0.1) is 0 Å². The first-order valence-electron chi connectivity index (χ1n) is 7.75. The van der Waals surface area contributed by atoms with Gasteiger partial charge in [0.2, 0.25) is 0 Å². The zero-order valence-electron chi connectivity index (χ0n) is 13.2. The molecule has 23 heavy (non-hydrogen) atoms. The molecule has 0 bridgehead atoms. The lowest BCUT2D eigenvalue weighted by Gasteiger charge is -2.32. The van der Waals surface area contributed by atoms with E-state index < -0.39 is 0 Å². The number of benzene rings is 1. The normalized spacial score (nSPS) is 16.2. The minimum Gasteiger partial charge on any atom is -0.468 e. The van der Waals surface area contributed by atoms with E-state index in [2.05, 4.69) is 32.4 Å². The molecule has 1 aliphatic rings. The Morgan fingerprint density at radius 1 is 1.30 bits per heavy atom. The molecular weight excluding hydrogens is 294 g/mol. The second kappa shape index (κ2) is 7.23. The largest absolute Gasteiger partial charge is 0.468 e. The maximum atomic E-state index is 11.3. The number of rotatable bonds is 5. The van der Waals surface area contributed by atoms with Crippen LogP contribution in [0.5, 0.6) is 0 Å². The highest BCUT2D eigenvalue weighted by atomic mass is 16.5. The van der Waals surface area contributed by atoms with Gasteiger partial charge in [-0.1, -0.05) is 0 Å². The van der Waals surface area contributed by atoms with Crippen molar-refractivity contribution in [3.8, 4) is 5.69 Å². The molecule has 1 aliphatic heterocycles. The average molecular weight is 315 g/mol. The Hall–Kier alpha value is -2.41. The van der Waals surface area contributed by atoms with E-state index in [-0.39, 0.29) is 5.97 Å². The minimum absolute atomic E-state index is 0.167. The Labute approximate surface area is 135 Å². The van der Waals surface area contributed by atoms with E-state index in [0.717, 1.165) is 37.3 Å². The van der Waals surface area contributed by atoms with Crippen LogP contribution in [0.2, 0.25) is 0 Å². The van der Waals surface area contributed by atoms with Crippen molar-refractivity contribution in [1.29, 1.82) is 0 Å². The molecule has 7 nitrogen and oxygen atoms in total. The number of esters is 1. The molecule has 0 unspecified atom stereocenters. The molecule has 1 fully saturated rings. The van der Waals surface area contributed by atoms with Crippen LogP contribution < -0.4 is 5.32 Å². The number of hydrogen-bond acceptors (Lipinski definition) is 6. The van der Waals surface area contributed by atoms with Gasteiger partial charge in [0.25, 0.3) is 0 Å². The fraction of sp³-hybridized carbons (Fsp3) is 0.438. The van der Waals surface area contributed by atoms with Gasteiger partial charge < -0.3 is 10.1 Å². The zero-order chi connectivity index (χ0) is 16.1. The molecule has 3 rings (SSSR count). The van der Waals surface area contributed by atoms with Gasteiger partial charge in [0.15, 0.2) is 0 Å². The Balaban J connectivity index is 1.50. The van der Waals surface area contributed by atoms with Gasteiger partial charge in [0, 0.05) is 24.8 Å². The lowest BCUT2D eigenvalue weighted by Crippen LogP contribution is -2.41. The monoisotopic (exact) mass is 315 g/mol. The number of piperidine rings is 1. The summed E-state index contributed by atoms with van der Waals surface area (Å²) in [4.78, 5) is 17.4. The molecule has 0 saturated carbocycles. The van der Waals surface area contributed by atoms with Crippen LogP contribution >= 0.6 is 0 Å². The number of likely N-dealkylation sites (tertiary alicyclic amines) is 1. The van der Waals surface area contributed by atoms with Crippen LogP contribution in [0.25, 0.3) is 5.69 Å². The smallest absolute Gasteiger partial charge is 0.319 e. The van der Waals surface area contributed by atoms with Gasteiger partial charge in [-0.25, -0.2) is 9.67 Å². The number of methoxy groups -OCH3 is 1. The van der Waals surface area contributed by atoms with E-state index in [1.807, 2.05) is 12.1 Å². The molecule has 1 N–H and O–H groups in total. The van der Waals surface area contributed by atoms with Crippen molar-refractivity contribution in [3.63, 3.8) is 0 Å². The lowest BCUT2D eigenvalue weighted by atomic mass is 10.0. The maximum Gasteiger partial charge on any atom is 0.319 e. The van der Waals surface area contributed by atoms with Gasteiger partial charge in [-0.2, -0.15) is 5.10 Å². The van der Waals surface area contributed by atoms with Crippen LogP contribution in [0.15, 0.2) is 36.9 Å². The molecule has 0 atom stereocenters. The molecule has 0 spiro atoms. The van der Waals surface area contributed by atoms with Crippen LogP contribution in [0.1, 0.15) is 12.8 Å². The van der Waals surface area contributed by atoms with Crippen LogP contribution in [0.3, 0.4) is 0 Å². The summed E-state index contributed by atoms with van der Waals surface area (Å²) in [6.45, 7) is 2.20. The molecule has 0 radical (unpaired) electrons. The zero-order valence-corrected chi connectivity index (χ0v) is 13.2. The van der Waals surface area contributed by atoms with E-state index in [1.54, 1.807) is 11.0 Å². The fourth-order valence-corrected chi connectivity index (χ4v) is 2.77. The van der Waals surface area contributed by atoms with E-state index >= 15 is 0 Å². The van der Waals surface area contributed by atoms with Gasteiger partial charge in [-0.15, -0.1) is 0 Å². The first kappa shape index (κ1) is 15.5. The van der Waals surface area contributed by atoms with Crippen molar-refractivity contribution in [2.75, 3.05) is 32.1 Å². The SMILES string of the molecule is COC(=O)CN1CCC(Nc2ccc(-n3cncn3)cc2)CC1. The Morgan fingerprint density at radius 2 is 2.04 bits per heavy atom. The van der Waals surface area contributed by atoms with Gasteiger partial charge in [-0.05, 0) is 37.1 Å². The minimum atomic E-state index is -0.167. The quantitative estimate of drug-likeness (QED) is 0.839. The first-order valence-corrected chi connectivity index (χ1v) is 7.75. The summed E-state index contributed by atoms with van der Waals surface area (Å²) in [5.74, 6) is -0.167.